The van der Waals surface area contributed by atoms with Crippen molar-refractivity contribution in [1.82, 2.24) is 14.9 Å². The van der Waals surface area contributed by atoms with E-state index in [4.69, 9.17) is 4.74 Å². The van der Waals surface area contributed by atoms with Crippen LogP contribution >= 0.6 is 0 Å². The Morgan fingerprint density at radius 3 is 2.52 bits per heavy atom. The standard InChI is InChI=1S/C23H31N5O3/c1-16-17(2)28(18(3)30)21-6-5-19(27-11-9-26(10-12-27)13-14-29)15-20(21)22(16)31-23-24-7-4-8-25-23/h4-8,15-17,22,29H,9-14H2,1-3H3. The number of carbonyl (C=O) groups is 1. The zero-order valence-corrected chi connectivity index (χ0v) is 18.4. The first-order chi connectivity index (χ1) is 15.0. The molecule has 1 N–H and O–H groups in total. The van der Waals surface area contributed by atoms with Crippen molar-refractivity contribution in [1.29, 1.82) is 0 Å². The number of fused-ring (bicyclic) bond motifs is 1. The summed E-state index contributed by atoms with van der Waals surface area (Å²) in [5, 5.41) is 9.19. The third-order valence-corrected chi connectivity index (χ3v) is 6.49. The van der Waals surface area contributed by atoms with Crippen LogP contribution in [0.1, 0.15) is 32.4 Å². The number of piperazine rings is 1. The number of carbonyl (C=O) groups excluding carboxylic acids is 1. The summed E-state index contributed by atoms with van der Waals surface area (Å²) >= 11 is 0. The second-order valence-corrected chi connectivity index (χ2v) is 8.35. The van der Waals surface area contributed by atoms with E-state index in [2.05, 4.69) is 45.7 Å². The number of rotatable bonds is 5. The molecule has 2 aliphatic rings. The van der Waals surface area contributed by atoms with E-state index in [1.54, 1.807) is 25.4 Å². The van der Waals surface area contributed by atoms with E-state index in [9.17, 15) is 9.90 Å². The number of amides is 1. The predicted molar refractivity (Wildman–Crippen MR) is 119 cm³/mol. The van der Waals surface area contributed by atoms with Crippen molar-refractivity contribution in [3.05, 3.63) is 42.2 Å². The van der Waals surface area contributed by atoms with Gasteiger partial charge in [-0.1, -0.05) is 6.92 Å². The molecule has 1 saturated heterocycles. The van der Waals surface area contributed by atoms with Gasteiger partial charge in [0.25, 0.3) is 0 Å². The van der Waals surface area contributed by atoms with Crippen LogP contribution in [0, 0.1) is 5.92 Å². The molecule has 3 heterocycles. The highest BCUT2D eigenvalue weighted by Crippen LogP contribution is 2.44. The number of nitrogens with zero attached hydrogens (tertiary/aromatic N) is 5. The Labute approximate surface area is 183 Å². The normalized spacial score (nSPS) is 24.1. The van der Waals surface area contributed by atoms with Crippen molar-refractivity contribution in [3.8, 4) is 6.01 Å². The maximum Gasteiger partial charge on any atom is 0.316 e. The molecule has 166 valence electrons. The minimum Gasteiger partial charge on any atom is -0.455 e. The van der Waals surface area contributed by atoms with Crippen LogP contribution in [-0.2, 0) is 4.79 Å². The van der Waals surface area contributed by atoms with Gasteiger partial charge in [-0.3, -0.25) is 9.69 Å². The fourth-order valence-corrected chi connectivity index (χ4v) is 4.63. The fraction of sp³-hybridized carbons (Fsp3) is 0.522. The smallest absolute Gasteiger partial charge is 0.316 e. The number of aliphatic hydroxyl groups is 1. The van der Waals surface area contributed by atoms with E-state index < -0.39 is 0 Å². The van der Waals surface area contributed by atoms with Crippen LogP contribution in [0.2, 0.25) is 0 Å². The molecule has 8 nitrogen and oxygen atoms in total. The molecule has 0 aliphatic carbocycles. The van der Waals surface area contributed by atoms with Gasteiger partial charge in [-0.25, -0.2) is 9.97 Å². The number of aromatic nitrogens is 2. The summed E-state index contributed by atoms with van der Waals surface area (Å²) in [7, 11) is 0. The quantitative estimate of drug-likeness (QED) is 0.786. The van der Waals surface area contributed by atoms with Crippen LogP contribution in [-0.4, -0.2) is 71.3 Å². The molecule has 0 bridgehead atoms. The van der Waals surface area contributed by atoms with Gasteiger partial charge in [-0.15, -0.1) is 0 Å². The topological polar surface area (TPSA) is 82.0 Å². The average Bonchev–Trinajstić information content (AvgIpc) is 2.78. The summed E-state index contributed by atoms with van der Waals surface area (Å²) < 4.78 is 6.27. The largest absolute Gasteiger partial charge is 0.455 e. The lowest BCUT2D eigenvalue weighted by molar-refractivity contribution is -0.117. The van der Waals surface area contributed by atoms with Crippen LogP contribution in [0.5, 0.6) is 6.01 Å². The lowest BCUT2D eigenvalue weighted by Crippen LogP contribution is -2.49. The summed E-state index contributed by atoms with van der Waals surface area (Å²) in [5.74, 6) is 0.0947. The summed E-state index contributed by atoms with van der Waals surface area (Å²) in [6.45, 7) is 10.3. The Bertz CT molecular complexity index is 901. The minimum atomic E-state index is -0.251. The molecule has 2 aliphatic heterocycles. The molecule has 1 aromatic heterocycles. The summed E-state index contributed by atoms with van der Waals surface area (Å²) in [6, 6.07) is 8.39. The molecule has 2 aromatic rings. The zero-order valence-electron chi connectivity index (χ0n) is 18.4. The molecule has 0 spiro atoms. The highest BCUT2D eigenvalue weighted by Gasteiger charge is 2.40. The Kier molecular flexibility index (Phi) is 6.38. The van der Waals surface area contributed by atoms with Crippen LogP contribution in [0.4, 0.5) is 11.4 Å². The van der Waals surface area contributed by atoms with Crippen LogP contribution < -0.4 is 14.5 Å². The predicted octanol–water partition coefficient (Wildman–Crippen LogP) is 2.10. The lowest BCUT2D eigenvalue weighted by Gasteiger charge is -2.43. The first kappa shape index (κ1) is 21.5. The fourth-order valence-electron chi connectivity index (χ4n) is 4.63. The Morgan fingerprint density at radius 2 is 1.87 bits per heavy atom. The third-order valence-electron chi connectivity index (χ3n) is 6.49. The molecular weight excluding hydrogens is 394 g/mol. The second-order valence-electron chi connectivity index (χ2n) is 8.35. The molecule has 31 heavy (non-hydrogen) atoms. The van der Waals surface area contributed by atoms with Gasteiger partial charge in [0, 0.05) is 75.3 Å². The van der Waals surface area contributed by atoms with Crippen molar-refractivity contribution in [3.63, 3.8) is 0 Å². The van der Waals surface area contributed by atoms with Gasteiger partial charge in [-0.05, 0) is 31.2 Å². The molecule has 1 aromatic carbocycles. The maximum absolute atomic E-state index is 12.5. The van der Waals surface area contributed by atoms with Gasteiger partial charge in [0.15, 0.2) is 0 Å². The molecule has 0 radical (unpaired) electrons. The number of aliphatic hydroxyl groups excluding tert-OH is 1. The van der Waals surface area contributed by atoms with Gasteiger partial charge in [0.2, 0.25) is 5.91 Å². The zero-order chi connectivity index (χ0) is 22.0. The number of hydrogen-bond donors (Lipinski definition) is 1. The lowest BCUT2D eigenvalue weighted by atomic mass is 9.84. The molecule has 1 fully saturated rings. The highest BCUT2D eigenvalue weighted by atomic mass is 16.5. The molecule has 3 unspecified atom stereocenters. The van der Waals surface area contributed by atoms with Gasteiger partial charge in [-0.2, -0.15) is 0 Å². The molecule has 0 saturated carbocycles. The maximum atomic E-state index is 12.5. The van der Waals surface area contributed by atoms with Gasteiger partial charge in [0.05, 0.1) is 12.3 Å². The Morgan fingerprint density at radius 1 is 1.16 bits per heavy atom. The van der Waals surface area contributed by atoms with E-state index in [1.807, 2.05) is 11.0 Å². The number of benzene rings is 1. The second kappa shape index (κ2) is 9.20. The summed E-state index contributed by atoms with van der Waals surface area (Å²) in [4.78, 5) is 27.5. The van der Waals surface area contributed by atoms with Crippen LogP contribution in [0.3, 0.4) is 0 Å². The third kappa shape index (κ3) is 4.36. The van der Waals surface area contributed by atoms with Crippen molar-refractivity contribution in [2.24, 2.45) is 5.92 Å². The molecule has 1 amide bonds. The monoisotopic (exact) mass is 425 g/mol. The number of hydrogen-bond acceptors (Lipinski definition) is 7. The summed E-state index contributed by atoms with van der Waals surface area (Å²) in [6.07, 6.45) is 3.09. The van der Waals surface area contributed by atoms with Crippen molar-refractivity contribution < 1.29 is 14.6 Å². The van der Waals surface area contributed by atoms with Crippen molar-refractivity contribution in [2.45, 2.75) is 32.9 Å². The number of β-amino-alcohol motifs (C(OH)–C–C–N with tert-alkyl or cyclic N) is 1. The average molecular weight is 426 g/mol. The molecule has 8 heteroatoms. The van der Waals surface area contributed by atoms with Crippen LogP contribution in [0.15, 0.2) is 36.7 Å². The van der Waals surface area contributed by atoms with E-state index in [0.717, 1.165) is 43.1 Å². The van der Waals surface area contributed by atoms with Gasteiger partial charge >= 0.3 is 6.01 Å². The SMILES string of the molecule is CC(=O)N1c2ccc(N3CCN(CCO)CC3)cc2C(Oc2ncccn2)C(C)C1C. The van der Waals surface area contributed by atoms with E-state index in [-0.39, 0.29) is 30.6 Å². The van der Waals surface area contributed by atoms with E-state index >= 15 is 0 Å². The van der Waals surface area contributed by atoms with Crippen LogP contribution in [0.25, 0.3) is 0 Å². The number of ether oxygens (including phenoxy) is 1. The van der Waals surface area contributed by atoms with E-state index in [0.29, 0.717) is 12.6 Å². The van der Waals surface area contributed by atoms with Gasteiger partial charge in [0.1, 0.15) is 6.10 Å². The minimum absolute atomic E-state index is 0.00779. The molecule has 3 atom stereocenters. The molecule has 4 rings (SSSR count). The van der Waals surface area contributed by atoms with Crippen molar-refractivity contribution in [2.75, 3.05) is 49.1 Å². The summed E-state index contributed by atoms with van der Waals surface area (Å²) in [5.41, 5.74) is 3.00. The van der Waals surface area contributed by atoms with Crippen molar-refractivity contribution >= 4 is 17.3 Å². The Hall–Kier alpha value is -2.71. The number of anilines is 2. The Balaban J connectivity index is 1.67. The first-order valence-corrected chi connectivity index (χ1v) is 10.9. The van der Waals surface area contributed by atoms with E-state index in [1.165, 1.54) is 0 Å². The highest BCUT2D eigenvalue weighted by molar-refractivity contribution is 5.94. The van der Waals surface area contributed by atoms with Gasteiger partial charge < -0.3 is 19.6 Å². The molecular formula is C23H31N5O3. The first-order valence-electron chi connectivity index (χ1n) is 10.9.